The topological polar surface area (TPSA) is 87.3 Å². The molecule has 26 heavy (non-hydrogen) atoms. The molecule has 0 radical (unpaired) electrons. The van der Waals surface area contributed by atoms with Gasteiger partial charge in [-0.05, 0) is 55.8 Å². The molecule has 138 valence electrons. The van der Waals surface area contributed by atoms with Crippen molar-refractivity contribution in [3.05, 3.63) is 59.4 Å². The first-order chi connectivity index (χ1) is 12.4. The molecule has 6 nitrogen and oxygen atoms in total. The number of aryl methyl sites for hydroxylation is 1. The molecule has 1 heterocycles. The molecule has 3 rings (SSSR count). The summed E-state index contributed by atoms with van der Waals surface area (Å²) in [6, 6.07) is 9.87. The summed E-state index contributed by atoms with van der Waals surface area (Å²) >= 11 is 0. The fourth-order valence-corrected chi connectivity index (χ4v) is 4.23. The van der Waals surface area contributed by atoms with Gasteiger partial charge in [0.05, 0.1) is 16.1 Å². The van der Waals surface area contributed by atoms with Gasteiger partial charge in [-0.1, -0.05) is 12.1 Å². The van der Waals surface area contributed by atoms with Crippen LogP contribution in [0.1, 0.15) is 22.3 Å². The molecule has 0 bridgehead atoms. The minimum atomic E-state index is -3.95. The summed E-state index contributed by atoms with van der Waals surface area (Å²) in [6.45, 7) is 3.04. The number of amides is 1. The van der Waals surface area contributed by atoms with Crippen LogP contribution in [-0.4, -0.2) is 33.5 Å². The molecule has 2 aromatic carbocycles. The fraction of sp³-hybridized carbons (Fsp3) is 0.278. The number of benzene rings is 2. The molecule has 1 amide bonds. The number of halogens is 1. The highest BCUT2D eigenvalue weighted by Crippen LogP contribution is 2.23. The Morgan fingerprint density at radius 2 is 2.00 bits per heavy atom. The van der Waals surface area contributed by atoms with Crippen molar-refractivity contribution < 1.29 is 17.6 Å². The van der Waals surface area contributed by atoms with E-state index in [0.717, 1.165) is 25.1 Å². The van der Waals surface area contributed by atoms with Crippen LogP contribution in [0.4, 0.5) is 10.1 Å². The van der Waals surface area contributed by atoms with Gasteiger partial charge in [0, 0.05) is 12.6 Å². The summed E-state index contributed by atoms with van der Waals surface area (Å²) in [5.74, 6) is -0.848. The second kappa shape index (κ2) is 7.43. The van der Waals surface area contributed by atoms with Gasteiger partial charge >= 0.3 is 0 Å². The van der Waals surface area contributed by atoms with Gasteiger partial charge in [-0.15, -0.1) is 0 Å². The monoisotopic (exact) mass is 377 g/mol. The van der Waals surface area contributed by atoms with E-state index < -0.39 is 15.8 Å². The van der Waals surface area contributed by atoms with Crippen molar-refractivity contribution in [2.24, 2.45) is 0 Å². The Kier molecular flexibility index (Phi) is 5.24. The lowest BCUT2D eigenvalue weighted by Gasteiger charge is -2.16. The lowest BCUT2D eigenvalue weighted by atomic mass is 10.1. The van der Waals surface area contributed by atoms with E-state index in [0.29, 0.717) is 6.54 Å². The van der Waals surface area contributed by atoms with E-state index in [1.165, 1.54) is 19.1 Å². The van der Waals surface area contributed by atoms with Crippen LogP contribution in [0.15, 0.2) is 47.4 Å². The summed E-state index contributed by atoms with van der Waals surface area (Å²) in [5.41, 5.74) is 0.707. The van der Waals surface area contributed by atoms with Crippen molar-refractivity contribution in [2.45, 2.75) is 24.3 Å². The molecule has 1 aliphatic heterocycles. The van der Waals surface area contributed by atoms with Crippen molar-refractivity contribution in [1.29, 1.82) is 0 Å². The first kappa shape index (κ1) is 18.3. The average molecular weight is 377 g/mol. The Labute approximate surface area is 151 Å². The SMILES string of the molecule is Cc1cc(F)ccc1S(=O)(=O)Nc1ccccc1C(=O)NC1CCNC1. The minimum absolute atomic E-state index is 0.0199. The number of hydrogen-bond donors (Lipinski definition) is 3. The highest BCUT2D eigenvalue weighted by atomic mass is 32.2. The van der Waals surface area contributed by atoms with Crippen LogP contribution < -0.4 is 15.4 Å². The predicted octanol–water partition coefficient (Wildman–Crippen LogP) is 2.03. The van der Waals surface area contributed by atoms with Gasteiger partial charge in [0.2, 0.25) is 0 Å². The standard InChI is InChI=1S/C18H20FN3O3S/c1-12-10-13(19)6-7-17(12)26(24,25)22-16-5-3-2-4-15(16)18(23)21-14-8-9-20-11-14/h2-7,10,14,20,22H,8-9,11H2,1H3,(H,21,23). The average Bonchev–Trinajstić information content (AvgIpc) is 3.07. The van der Waals surface area contributed by atoms with Crippen LogP contribution in [0, 0.1) is 12.7 Å². The number of rotatable bonds is 5. The van der Waals surface area contributed by atoms with Crippen LogP contribution in [-0.2, 0) is 10.0 Å². The van der Waals surface area contributed by atoms with Gasteiger partial charge in [0.15, 0.2) is 0 Å². The quantitative estimate of drug-likeness (QED) is 0.744. The van der Waals surface area contributed by atoms with E-state index in [1.54, 1.807) is 18.2 Å². The second-order valence-electron chi connectivity index (χ2n) is 6.22. The first-order valence-corrected chi connectivity index (χ1v) is 9.75. The highest BCUT2D eigenvalue weighted by Gasteiger charge is 2.22. The smallest absolute Gasteiger partial charge is 0.262 e. The second-order valence-corrected chi connectivity index (χ2v) is 7.87. The third-order valence-corrected chi connectivity index (χ3v) is 5.76. The largest absolute Gasteiger partial charge is 0.348 e. The number of hydrogen-bond acceptors (Lipinski definition) is 4. The normalized spacial score (nSPS) is 17.1. The van der Waals surface area contributed by atoms with E-state index in [9.17, 15) is 17.6 Å². The number of sulfonamides is 1. The third kappa shape index (κ3) is 4.03. The zero-order chi connectivity index (χ0) is 18.7. The molecule has 1 atom stereocenters. The van der Waals surface area contributed by atoms with Gasteiger partial charge in [-0.2, -0.15) is 0 Å². The minimum Gasteiger partial charge on any atom is -0.348 e. The summed E-state index contributed by atoms with van der Waals surface area (Å²) in [7, 11) is -3.95. The molecule has 8 heteroatoms. The molecule has 3 N–H and O–H groups in total. The Hall–Kier alpha value is -2.45. The van der Waals surface area contributed by atoms with Crippen LogP contribution in [0.2, 0.25) is 0 Å². The van der Waals surface area contributed by atoms with Gasteiger partial charge < -0.3 is 10.6 Å². The van der Waals surface area contributed by atoms with Crippen LogP contribution in [0.3, 0.4) is 0 Å². The van der Waals surface area contributed by atoms with Crippen molar-refractivity contribution in [3.8, 4) is 0 Å². The van der Waals surface area contributed by atoms with Crippen molar-refractivity contribution in [3.63, 3.8) is 0 Å². The maximum atomic E-state index is 13.3. The van der Waals surface area contributed by atoms with Gasteiger partial charge in [0.25, 0.3) is 15.9 Å². The number of carbonyl (C=O) groups is 1. The maximum absolute atomic E-state index is 13.3. The zero-order valence-electron chi connectivity index (χ0n) is 14.3. The van der Waals surface area contributed by atoms with Gasteiger partial charge in [0.1, 0.15) is 5.82 Å². The molecular formula is C18H20FN3O3S. The van der Waals surface area contributed by atoms with E-state index in [-0.39, 0.29) is 33.7 Å². The Bertz CT molecular complexity index is 925. The van der Waals surface area contributed by atoms with E-state index in [2.05, 4.69) is 15.4 Å². The Morgan fingerprint density at radius 1 is 1.23 bits per heavy atom. The van der Waals surface area contributed by atoms with Crippen LogP contribution >= 0.6 is 0 Å². The zero-order valence-corrected chi connectivity index (χ0v) is 15.1. The van der Waals surface area contributed by atoms with E-state index in [1.807, 2.05) is 0 Å². The summed E-state index contributed by atoms with van der Waals surface area (Å²) in [6.07, 6.45) is 0.828. The van der Waals surface area contributed by atoms with Gasteiger partial charge in [-0.3, -0.25) is 9.52 Å². The number of para-hydroxylation sites is 1. The Balaban J connectivity index is 1.86. The predicted molar refractivity (Wildman–Crippen MR) is 97.1 cm³/mol. The molecule has 1 aliphatic rings. The molecule has 0 aromatic heterocycles. The number of nitrogens with one attached hydrogen (secondary N) is 3. The van der Waals surface area contributed by atoms with Crippen molar-refractivity contribution in [2.75, 3.05) is 17.8 Å². The molecule has 0 aliphatic carbocycles. The lowest BCUT2D eigenvalue weighted by molar-refractivity contribution is 0.0941. The summed E-state index contributed by atoms with van der Waals surface area (Å²) in [4.78, 5) is 12.5. The molecule has 0 spiro atoms. The summed E-state index contributed by atoms with van der Waals surface area (Å²) < 4.78 is 41.1. The molecule has 1 saturated heterocycles. The molecule has 2 aromatic rings. The van der Waals surface area contributed by atoms with Crippen molar-refractivity contribution in [1.82, 2.24) is 10.6 Å². The first-order valence-electron chi connectivity index (χ1n) is 8.26. The fourth-order valence-electron chi connectivity index (χ4n) is 2.93. The van der Waals surface area contributed by atoms with Crippen molar-refractivity contribution >= 4 is 21.6 Å². The van der Waals surface area contributed by atoms with Crippen LogP contribution in [0.5, 0.6) is 0 Å². The molecule has 1 fully saturated rings. The van der Waals surface area contributed by atoms with Crippen LogP contribution in [0.25, 0.3) is 0 Å². The van der Waals surface area contributed by atoms with Gasteiger partial charge in [-0.25, -0.2) is 12.8 Å². The highest BCUT2D eigenvalue weighted by molar-refractivity contribution is 7.92. The Morgan fingerprint density at radius 3 is 2.69 bits per heavy atom. The molecule has 1 unspecified atom stereocenters. The van der Waals surface area contributed by atoms with E-state index in [4.69, 9.17) is 0 Å². The van der Waals surface area contributed by atoms with E-state index >= 15 is 0 Å². The lowest BCUT2D eigenvalue weighted by Crippen LogP contribution is -2.36. The number of carbonyl (C=O) groups excluding carboxylic acids is 1. The number of anilines is 1. The molecular weight excluding hydrogens is 357 g/mol. The maximum Gasteiger partial charge on any atom is 0.262 e. The third-order valence-electron chi connectivity index (χ3n) is 4.24. The summed E-state index contributed by atoms with van der Waals surface area (Å²) in [5, 5.41) is 6.05. The molecule has 0 saturated carbocycles.